The third kappa shape index (κ3) is 3.49. The maximum atomic E-state index is 6.44. The fraction of sp³-hybridized carbons (Fsp3) is 0.294. The zero-order chi connectivity index (χ0) is 16.1. The van der Waals surface area contributed by atoms with E-state index in [4.69, 9.17) is 38.4 Å². The van der Waals surface area contributed by atoms with Gasteiger partial charge in [-0.05, 0) is 36.2 Å². The summed E-state index contributed by atoms with van der Waals surface area (Å²) in [7, 11) is 3.16. The van der Waals surface area contributed by atoms with Crippen molar-refractivity contribution in [2.75, 3.05) is 20.8 Å². The van der Waals surface area contributed by atoms with Gasteiger partial charge in [0.1, 0.15) is 0 Å². The number of halogens is 2. The third-order valence-electron chi connectivity index (χ3n) is 3.66. The van der Waals surface area contributed by atoms with Gasteiger partial charge in [-0.1, -0.05) is 47.5 Å². The first kappa shape index (κ1) is 16.9. The molecule has 3 nitrogen and oxygen atoms in total. The minimum absolute atomic E-state index is 0.0873. The van der Waals surface area contributed by atoms with E-state index in [9.17, 15) is 0 Å². The molecule has 2 rings (SSSR count). The van der Waals surface area contributed by atoms with Crippen molar-refractivity contribution in [3.8, 4) is 11.5 Å². The van der Waals surface area contributed by atoms with E-state index in [0.29, 0.717) is 29.5 Å². The summed E-state index contributed by atoms with van der Waals surface area (Å²) in [5.74, 6) is 1.24. The highest BCUT2D eigenvalue weighted by Crippen LogP contribution is 2.39. The molecule has 2 N–H and O–H groups in total. The summed E-state index contributed by atoms with van der Waals surface area (Å²) in [6.07, 6.45) is 0.680. The summed E-state index contributed by atoms with van der Waals surface area (Å²) in [6, 6.07) is 11.5. The Labute approximate surface area is 140 Å². The van der Waals surface area contributed by atoms with Crippen LogP contribution >= 0.6 is 23.2 Å². The van der Waals surface area contributed by atoms with Crippen LogP contribution in [0.2, 0.25) is 10.0 Å². The molecule has 5 heteroatoms. The number of rotatable bonds is 6. The Kier molecular flexibility index (Phi) is 5.95. The van der Waals surface area contributed by atoms with E-state index in [1.54, 1.807) is 14.2 Å². The van der Waals surface area contributed by atoms with Gasteiger partial charge in [-0.3, -0.25) is 0 Å². The highest BCUT2D eigenvalue weighted by Gasteiger charge is 2.18. The average Bonchev–Trinajstić information content (AvgIpc) is 2.54. The summed E-state index contributed by atoms with van der Waals surface area (Å²) in [4.78, 5) is 0. The van der Waals surface area contributed by atoms with Gasteiger partial charge in [0, 0.05) is 10.9 Å². The highest BCUT2D eigenvalue weighted by atomic mass is 35.5. The van der Waals surface area contributed by atoms with E-state index < -0.39 is 0 Å². The lowest BCUT2D eigenvalue weighted by atomic mass is 9.92. The zero-order valence-corrected chi connectivity index (χ0v) is 14.1. The van der Waals surface area contributed by atoms with Gasteiger partial charge >= 0.3 is 0 Å². The Hall–Kier alpha value is -1.42. The van der Waals surface area contributed by atoms with Gasteiger partial charge in [0.15, 0.2) is 11.5 Å². The van der Waals surface area contributed by atoms with Crippen molar-refractivity contribution in [1.82, 2.24) is 0 Å². The standard InChI is InChI=1S/C17H19Cl2NO2/c1-21-15-8-7-11(16(19)17(15)22-2)9-12(10-20)13-5-3-4-6-14(13)18/h3-8,12H,9-10,20H2,1-2H3. The second kappa shape index (κ2) is 7.73. The van der Waals surface area contributed by atoms with Crippen LogP contribution in [0.1, 0.15) is 17.0 Å². The zero-order valence-electron chi connectivity index (χ0n) is 12.6. The van der Waals surface area contributed by atoms with E-state index in [1.165, 1.54) is 0 Å². The molecule has 0 saturated heterocycles. The van der Waals surface area contributed by atoms with Gasteiger partial charge in [-0.2, -0.15) is 0 Å². The molecule has 0 heterocycles. The summed E-state index contributed by atoms with van der Waals surface area (Å²) in [5, 5.41) is 1.27. The lowest BCUT2D eigenvalue weighted by molar-refractivity contribution is 0.354. The topological polar surface area (TPSA) is 44.5 Å². The molecule has 1 atom stereocenters. The first-order valence-corrected chi connectivity index (χ1v) is 7.71. The van der Waals surface area contributed by atoms with Crippen molar-refractivity contribution in [1.29, 1.82) is 0 Å². The summed E-state index contributed by atoms with van der Waals surface area (Å²) in [6.45, 7) is 0.481. The largest absolute Gasteiger partial charge is 0.493 e. The smallest absolute Gasteiger partial charge is 0.179 e. The van der Waals surface area contributed by atoms with Crippen LogP contribution in [0.4, 0.5) is 0 Å². The van der Waals surface area contributed by atoms with Crippen LogP contribution in [-0.2, 0) is 6.42 Å². The number of hydrogen-bond donors (Lipinski definition) is 1. The number of methoxy groups -OCH3 is 2. The Balaban J connectivity index is 2.35. The van der Waals surface area contributed by atoms with Gasteiger partial charge < -0.3 is 15.2 Å². The second-order valence-electron chi connectivity index (χ2n) is 4.93. The monoisotopic (exact) mass is 339 g/mol. The maximum absolute atomic E-state index is 6.44. The number of ether oxygens (including phenoxy) is 2. The first-order valence-electron chi connectivity index (χ1n) is 6.96. The van der Waals surface area contributed by atoms with Gasteiger partial charge in [0.25, 0.3) is 0 Å². The van der Waals surface area contributed by atoms with Crippen LogP contribution in [0.3, 0.4) is 0 Å². The number of benzene rings is 2. The summed E-state index contributed by atoms with van der Waals surface area (Å²) in [5.41, 5.74) is 7.92. The molecule has 0 bridgehead atoms. The third-order valence-corrected chi connectivity index (χ3v) is 4.42. The number of hydrogen-bond acceptors (Lipinski definition) is 3. The van der Waals surface area contributed by atoms with Crippen LogP contribution in [-0.4, -0.2) is 20.8 Å². The molecule has 0 aromatic heterocycles. The molecule has 0 aliphatic carbocycles. The summed E-state index contributed by atoms with van der Waals surface area (Å²) < 4.78 is 10.6. The molecule has 0 aliphatic rings. The Morgan fingerprint density at radius 2 is 1.77 bits per heavy atom. The van der Waals surface area contributed by atoms with Crippen LogP contribution in [0.25, 0.3) is 0 Å². The molecule has 0 radical (unpaired) electrons. The second-order valence-corrected chi connectivity index (χ2v) is 5.72. The van der Waals surface area contributed by atoms with Crippen molar-refractivity contribution in [2.45, 2.75) is 12.3 Å². The fourth-order valence-corrected chi connectivity index (χ4v) is 3.08. The molecule has 2 aromatic carbocycles. The van der Waals surface area contributed by atoms with Crippen LogP contribution in [0.5, 0.6) is 11.5 Å². The van der Waals surface area contributed by atoms with Gasteiger partial charge in [-0.25, -0.2) is 0 Å². The minimum atomic E-state index is 0.0873. The Morgan fingerprint density at radius 3 is 2.36 bits per heavy atom. The summed E-state index contributed by atoms with van der Waals surface area (Å²) >= 11 is 12.7. The number of nitrogens with two attached hydrogens (primary N) is 1. The van der Waals surface area contributed by atoms with Crippen molar-refractivity contribution < 1.29 is 9.47 Å². The van der Waals surface area contributed by atoms with E-state index in [1.807, 2.05) is 36.4 Å². The predicted octanol–water partition coefficient (Wildman–Crippen LogP) is 4.30. The van der Waals surface area contributed by atoms with Gasteiger partial charge in [-0.15, -0.1) is 0 Å². The Morgan fingerprint density at radius 1 is 1.05 bits per heavy atom. The van der Waals surface area contributed by atoms with E-state index in [0.717, 1.165) is 16.1 Å². The lowest BCUT2D eigenvalue weighted by Gasteiger charge is -2.19. The van der Waals surface area contributed by atoms with Crippen molar-refractivity contribution in [3.05, 3.63) is 57.6 Å². The van der Waals surface area contributed by atoms with Gasteiger partial charge in [0.2, 0.25) is 0 Å². The van der Waals surface area contributed by atoms with Crippen molar-refractivity contribution in [3.63, 3.8) is 0 Å². The molecule has 0 saturated carbocycles. The van der Waals surface area contributed by atoms with Gasteiger partial charge in [0.05, 0.1) is 19.2 Å². The van der Waals surface area contributed by atoms with E-state index >= 15 is 0 Å². The molecule has 118 valence electrons. The first-order chi connectivity index (χ1) is 10.6. The maximum Gasteiger partial charge on any atom is 0.179 e. The molecule has 1 unspecified atom stereocenters. The highest BCUT2D eigenvalue weighted by molar-refractivity contribution is 6.33. The van der Waals surface area contributed by atoms with E-state index in [2.05, 4.69) is 0 Å². The molecule has 0 aliphatic heterocycles. The van der Waals surface area contributed by atoms with Crippen molar-refractivity contribution in [2.24, 2.45) is 5.73 Å². The lowest BCUT2D eigenvalue weighted by Crippen LogP contribution is -2.15. The van der Waals surface area contributed by atoms with E-state index in [-0.39, 0.29) is 5.92 Å². The quantitative estimate of drug-likeness (QED) is 0.853. The van der Waals surface area contributed by atoms with Crippen LogP contribution < -0.4 is 15.2 Å². The molecule has 0 spiro atoms. The fourth-order valence-electron chi connectivity index (χ4n) is 2.48. The average molecular weight is 340 g/mol. The molecule has 0 amide bonds. The molecule has 22 heavy (non-hydrogen) atoms. The normalized spacial score (nSPS) is 12.0. The predicted molar refractivity (Wildman–Crippen MR) is 91.5 cm³/mol. The minimum Gasteiger partial charge on any atom is -0.493 e. The van der Waals surface area contributed by atoms with Crippen LogP contribution in [0, 0.1) is 0 Å². The molecule has 2 aromatic rings. The molecular weight excluding hydrogens is 321 g/mol. The molecular formula is C17H19Cl2NO2. The molecule has 0 fully saturated rings. The van der Waals surface area contributed by atoms with Crippen LogP contribution in [0.15, 0.2) is 36.4 Å². The van der Waals surface area contributed by atoms with Crippen molar-refractivity contribution >= 4 is 23.2 Å². The SMILES string of the molecule is COc1ccc(CC(CN)c2ccccc2Cl)c(Cl)c1OC. The Bertz CT molecular complexity index is 647.